The van der Waals surface area contributed by atoms with Gasteiger partial charge in [0.1, 0.15) is 0 Å². The molecular formula is C20H20N4O6. The van der Waals surface area contributed by atoms with Gasteiger partial charge in [-0.1, -0.05) is 19.1 Å². The SMILES string of the molecule is CC1CCN(C(=O)c2ccccc2NC(=O)c2cc([N+](=O)[O-])cc([N+](=O)[O-])c2)CC1. The minimum atomic E-state index is -0.807. The van der Waals surface area contributed by atoms with Crippen LogP contribution >= 0.6 is 0 Å². The molecule has 156 valence electrons. The average Bonchev–Trinajstić information content (AvgIpc) is 2.73. The summed E-state index contributed by atoms with van der Waals surface area (Å²) in [6, 6.07) is 9.15. The molecule has 3 rings (SSSR count). The highest BCUT2D eigenvalue weighted by molar-refractivity contribution is 6.09. The smallest absolute Gasteiger partial charge is 0.277 e. The maximum Gasteiger partial charge on any atom is 0.277 e. The van der Waals surface area contributed by atoms with E-state index in [4.69, 9.17) is 0 Å². The number of rotatable bonds is 5. The van der Waals surface area contributed by atoms with E-state index in [-0.39, 0.29) is 17.2 Å². The number of anilines is 1. The minimum Gasteiger partial charge on any atom is -0.339 e. The summed E-state index contributed by atoms with van der Waals surface area (Å²) in [5, 5.41) is 24.7. The molecule has 1 fully saturated rings. The second kappa shape index (κ2) is 8.68. The molecule has 30 heavy (non-hydrogen) atoms. The van der Waals surface area contributed by atoms with Gasteiger partial charge in [-0.05, 0) is 30.9 Å². The van der Waals surface area contributed by atoms with Crippen LogP contribution in [-0.4, -0.2) is 39.7 Å². The molecule has 1 N–H and O–H groups in total. The third-order valence-electron chi connectivity index (χ3n) is 5.06. The van der Waals surface area contributed by atoms with E-state index in [1.807, 2.05) is 0 Å². The number of nitro benzene ring substituents is 2. The quantitative estimate of drug-likeness (QED) is 0.588. The topological polar surface area (TPSA) is 136 Å². The van der Waals surface area contributed by atoms with Crippen molar-refractivity contribution in [3.8, 4) is 0 Å². The molecule has 0 atom stereocenters. The van der Waals surface area contributed by atoms with Crippen LogP contribution in [0.15, 0.2) is 42.5 Å². The zero-order chi connectivity index (χ0) is 21.8. The van der Waals surface area contributed by atoms with Gasteiger partial charge in [-0.25, -0.2) is 0 Å². The van der Waals surface area contributed by atoms with Crippen molar-refractivity contribution in [3.05, 3.63) is 73.8 Å². The van der Waals surface area contributed by atoms with Crippen molar-refractivity contribution >= 4 is 28.9 Å². The Bertz CT molecular complexity index is 982. The molecule has 0 aliphatic carbocycles. The van der Waals surface area contributed by atoms with Crippen LogP contribution in [0.3, 0.4) is 0 Å². The molecule has 10 nitrogen and oxygen atoms in total. The number of nitrogens with one attached hydrogen (secondary N) is 1. The van der Waals surface area contributed by atoms with E-state index in [2.05, 4.69) is 12.2 Å². The molecule has 0 aromatic heterocycles. The van der Waals surface area contributed by atoms with Crippen molar-refractivity contribution in [1.29, 1.82) is 0 Å². The highest BCUT2D eigenvalue weighted by Crippen LogP contribution is 2.25. The Morgan fingerprint density at radius 1 is 1.00 bits per heavy atom. The number of carbonyl (C=O) groups excluding carboxylic acids is 2. The normalized spacial score (nSPS) is 14.2. The number of benzene rings is 2. The molecule has 0 bridgehead atoms. The lowest BCUT2D eigenvalue weighted by atomic mass is 9.98. The van der Waals surface area contributed by atoms with Crippen LogP contribution in [-0.2, 0) is 0 Å². The zero-order valence-corrected chi connectivity index (χ0v) is 16.2. The molecule has 1 aliphatic heterocycles. The molecule has 0 saturated carbocycles. The van der Waals surface area contributed by atoms with Gasteiger partial charge in [0.15, 0.2) is 0 Å². The number of hydrogen-bond donors (Lipinski definition) is 1. The first kappa shape index (κ1) is 20.9. The van der Waals surface area contributed by atoms with Crippen LogP contribution in [0, 0.1) is 26.1 Å². The Hall–Kier alpha value is -3.82. The summed E-state index contributed by atoms with van der Waals surface area (Å²) in [4.78, 5) is 47.8. The summed E-state index contributed by atoms with van der Waals surface area (Å²) in [5.74, 6) is -0.453. The van der Waals surface area contributed by atoms with Crippen molar-refractivity contribution in [1.82, 2.24) is 4.90 Å². The van der Waals surface area contributed by atoms with Crippen LogP contribution in [0.1, 0.15) is 40.5 Å². The molecular weight excluding hydrogens is 392 g/mol. The third kappa shape index (κ3) is 4.59. The van der Waals surface area contributed by atoms with Crippen LogP contribution in [0.25, 0.3) is 0 Å². The first-order valence-electron chi connectivity index (χ1n) is 9.40. The molecule has 1 saturated heterocycles. The van der Waals surface area contributed by atoms with E-state index < -0.39 is 27.1 Å². The molecule has 0 unspecified atom stereocenters. The summed E-state index contributed by atoms with van der Waals surface area (Å²) in [5.41, 5.74) is -0.854. The Morgan fingerprint density at radius 2 is 1.57 bits per heavy atom. The van der Waals surface area contributed by atoms with Gasteiger partial charge in [0, 0.05) is 25.2 Å². The van der Waals surface area contributed by atoms with E-state index in [0.717, 1.165) is 31.0 Å². The van der Waals surface area contributed by atoms with Crippen molar-refractivity contribution < 1.29 is 19.4 Å². The number of non-ortho nitro benzene ring substituents is 2. The molecule has 1 heterocycles. The number of carbonyl (C=O) groups is 2. The van der Waals surface area contributed by atoms with E-state index in [1.54, 1.807) is 29.2 Å². The van der Waals surface area contributed by atoms with Gasteiger partial charge in [-0.2, -0.15) is 0 Å². The Kier molecular flexibility index (Phi) is 6.05. The Labute approximate surface area is 171 Å². The fourth-order valence-electron chi connectivity index (χ4n) is 3.29. The van der Waals surface area contributed by atoms with Gasteiger partial charge in [-0.15, -0.1) is 0 Å². The van der Waals surface area contributed by atoms with Gasteiger partial charge in [-0.3, -0.25) is 29.8 Å². The van der Waals surface area contributed by atoms with Crippen LogP contribution in [0.2, 0.25) is 0 Å². The Morgan fingerprint density at radius 3 is 2.13 bits per heavy atom. The van der Waals surface area contributed by atoms with Crippen molar-refractivity contribution in [3.63, 3.8) is 0 Å². The number of para-hydroxylation sites is 1. The van der Waals surface area contributed by atoms with Crippen molar-refractivity contribution in [2.75, 3.05) is 18.4 Å². The van der Waals surface area contributed by atoms with Gasteiger partial charge < -0.3 is 10.2 Å². The van der Waals surface area contributed by atoms with Crippen LogP contribution in [0.4, 0.5) is 17.1 Å². The maximum absolute atomic E-state index is 12.9. The van der Waals surface area contributed by atoms with Gasteiger partial charge in [0.2, 0.25) is 0 Å². The summed E-state index contributed by atoms with van der Waals surface area (Å²) in [6.45, 7) is 3.38. The average molecular weight is 412 g/mol. The lowest BCUT2D eigenvalue weighted by Crippen LogP contribution is -2.38. The van der Waals surface area contributed by atoms with Crippen molar-refractivity contribution in [2.24, 2.45) is 5.92 Å². The largest absolute Gasteiger partial charge is 0.339 e. The number of piperidine rings is 1. The molecule has 2 aromatic rings. The fraction of sp³-hybridized carbons (Fsp3) is 0.300. The fourth-order valence-corrected chi connectivity index (χ4v) is 3.29. The highest BCUT2D eigenvalue weighted by Gasteiger charge is 2.25. The minimum absolute atomic E-state index is 0.220. The predicted octanol–water partition coefficient (Wildman–Crippen LogP) is 3.63. The van der Waals surface area contributed by atoms with Crippen molar-refractivity contribution in [2.45, 2.75) is 19.8 Å². The van der Waals surface area contributed by atoms with Crippen LogP contribution in [0.5, 0.6) is 0 Å². The van der Waals surface area contributed by atoms with E-state index in [1.165, 1.54) is 0 Å². The monoisotopic (exact) mass is 412 g/mol. The lowest BCUT2D eigenvalue weighted by Gasteiger charge is -2.30. The molecule has 1 aliphatic rings. The van der Waals surface area contributed by atoms with Gasteiger partial charge in [0.05, 0.1) is 32.7 Å². The molecule has 0 radical (unpaired) electrons. The summed E-state index contributed by atoms with van der Waals surface area (Å²) >= 11 is 0. The van der Waals surface area contributed by atoms with E-state index in [0.29, 0.717) is 24.6 Å². The van der Waals surface area contributed by atoms with Crippen LogP contribution < -0.4 is 5.32 Å². The van der Waals surface area contributed by atoms with E-state index >= 15 is 0 Å². The zero-order valence-electron chi connectivity index (χ0n) is 16.2. The lowest BCUT2D eigenvalue weighted by molar-refractivity contribution is -0.394. The molecule has 2 aromatic carbocycles. The summed E-state index contributed by atoms with van der Waals surface area (Å²) in [6.07, 6.45) is 1.80. The number of nitro groups is 2. The predicted molar refractivity (Wildman–Crippen MR) is 108 cm³/mol. The number of amides is 2. The molecule has 0 spiro atoms. The standard InChI is InChI=1S/C20H20N4O6/c1-13-6-8-22(9-7-13)20(26)17-4-2-3-5-18(17)21-19(25)14-10-15(23(27)28)12-16(11-14)24(29)30/h2-5,10-13H,6-9H2,1H3,(H,21,25). The summed E-state index contributed by atoms with van der Waals surface area (Å²) in [7, 11) is 0. The van der Waals surface area contributed by atoms with E-state index in [9.17, 15) is 29.8 Å². The highest BCUT2D eigenvalue weighted by atomic mass is 16.6. The van der Waals surface area contributed by atoms with Gasteiger partial charge in [0.25, 0.3) is 23.2 Å². The first-order valence-corrected chi connectivity index (χ1v) is 9.40. The molecule has 10 heteroatoms. The molecule has 2 amide bonds. The Balaban J connectivity index is 1.87. The first-order chi connectivity index (χ1) is 14.3. The number of hydrogen-bond acceptors (Lipinski definition) is 6. The van der Waals surface area contributed by atoms with Gasteiger partial charge >= 0.3 is 0 Å². The second-order valence-electron chi connectivity index (χ2n) is 7.23. The number of nitrogens with zero attached hydrogens (tertiary/aromatic N) is 3. The maximum atomic E-state index is 12.9. The second-order valence-corrected chi connectivity index (χ2v) is 7.23. The summed E-state index contributed by atoms with van der Waals surface area (Å²) < 4.78 is 0. The third-order valence-corrected chi connectivity index (χ3v) is 5.06. The number of likely N-dealkylation sites (tertiary alicyclic amines) is 1.